The van der Waals surface area contributed by atoms with Crippen molar-refractivity contribution in [3.8, 4) is 17.2 Å². The SMILES string of the molecule is CC(C)=CCOc1c(O)c(O)cc2c1C=C1C=CC=CC1N2C. The van der Waals surface area contributed by atoms with E-state index in [-0.39, 0.29) is 17.5 Å². The molecule has 0 saturated heterocycles. The molecule has 1 aliphatic carbocycles. The van der Waals surface area contributed by atoms with Gasteiger partial charge in [-0.2, -0.15) is 0 Å². The second-order valence-electron chi connectivity index (χ2n) is 6.04. The number of hydrogen-bond donors (Lipinski definition) is 2. The molecule has 1 aromatic carbocycles. The molecule has 1 heterocycles. The van der Waals surface area contributed by atoms with Gasteiger partial charge in [0.05, 0.1) is 11.7 Å². The lowest BCUT2D eigenvalue weighted by Crippen LogP contribution is -2.34. The topological polar surface area (TPSA) is 52.9 Å². The quantitative estimate of drug-likeness (QED) is 0.659. The van der Waals surface area contributed by atoms with Gasteiger partial charge in [-0.25, -0.2) is 0 Å². The van der Waals surface area contributed by atoms with E-state index < -0.39 is 0 Å². The minimum absolute atomic E-state index is 0.127. The largest absolute Gasteiger partial charge is 0.504 e. The Morgan fingerprint density at radius 1 is 1.30 bits per heavy atom. The summed E-state index contributed by atoms with van der Waals surface area (Å²) in [4.78, 5) is 2.07. The molecule has 1 aliphatic heterocycles. The van der Waals surface area contributed by atoms with Gasteiger partial charge in [-0.15, -0.1) is 0 Å². The van der Waals surface area contributed by atoms with Gasteiger partial charge < -0.3 is 19.8 Å². The summed E-state index contributed by atoms with van der Waals surface area (Å²) in [6, 6.07) is 1.71. The van der Waals surface area contributed by atoms with Gasteiger partial charge in [-0.05, 0) is 31.6 Å². The molecule has 0 bridgehead atoms. The monoisotopic (exact) mass is 311 g/mol. The molecule has 1 aromatic rings. The molecular formula is C19H21NO3. The minimum atomic E-state index is -0.218. The first-order chi connectivity index (χ1) is 11.0. The van der Waals surface area contributed by atoms with Crippen molar-refractivity contribution in [3.05, 3.63) is 53.2 Å². The zero-order chi connectivity index (χ0) is 16.6. The number of aromatic hydroxyl groups is 2. The molecule has 1 atom stereocenters. The van der Waals surface area contributed by atoms with Crippen LogP contribution >= 0.6 is 0 Å². The fraction of sp³-hybridized carbons (Fsp3) is 0.263. The van der Waals surface area contributed by atoms with Crippen molar-refractivity contribution in [1.29, 1.82) is 0 Å². The lowest BCUT2D eigenvalue weighted by atomic mass is 9.92. The molecule has 4 heteroatoms. The van der Waals surface area contributed by atoms with E-state index in [1.165, 1.54) is 0 Å². The van der Waals surface area contributed by atoms with Crippen molar-refractivity contribution < 1.29 is 14.9 Å². The highest BCUT2D eigenvalue weighted by molar-refractivity contribution is 5.84. The Kier molecular flexibility index (Phi) is 3.90. The Morgan fingerprint density at radius 3 is 2.83 bits per heavy atom. The summed E-state index contributed by atoms with van der Waals surface area (Å²) in [6.45, 7) is 4.32. The number of phenols is 2. The van der Waals surface area contributed by atoms with Crippen LogP contribution in [0.3, 0.4) is 0 Å². The Bertz CT molecular complexity index is 752. The van der Waals surface area contributed by atoms with E-state index in [1.54, 1.807) is 6.07 Å². The first-order valence-electron chi connectivity index (χ1n) is 7.63. The zero-order valence-corrected chi connectivity index (χ0v) is 13.6. The van der Waals surface area contributed by atoms with Gasteiger partial charge in [0.2, 0.25) is 5.75 Å². The van der Waals surface area contributed by atoms with Crippen molar-refractivity contribution in [2.75, 3.05) is 18.6 Å². The smallest absolute Gasteiger partial charge is 0.201 e. The molecular weight excluding hydrogens is 290 g/mol. The molecule has 1 unspecified atom stereocenters. The number of phenolic OH excluding ortho intramolecular Hbond substituents is 2. The number of hydrogen-bond acceptors (Lipinski definition) is 4. The maximum absolute atomic E-state index is 10.2. The van der Waals surface area contributed by atoms with Gasteiger partial charge in [0, 0.05) is 18.7 Å². The summed E-state index contributed by atoms with van der Waals surface area (Å²) < 4.78 is 5.76. The van der Waals surface area contributed by atoms with Crippen LogP contribution in [0.4, 0.5) is 5.69 Å². The second-order valence-corrected chi connectivity index (χ2v) is 6.04. The fourth-order valence-corrected chi connectivity index (χ4v) is 2.85. The van der Waals surface area contributed by atoms with Gasteiger partial charge in [0.1, 0.15) is 6.61 Å². The van der Waals surface area contributed by atoms with Crippen LogP contribution in [-0.2, 0) is 0 Å². The third-order valence-electron chi connectivity index (χ3n) is 4.11. The highest BCUT2D eigenvalue weighted by Crippen LogP contribution is 2.48. The maximum Gasteiger partial charge on any atom is 0.201 e. The van der Waals surface area contributed by atoms with Crippen LogP contribution in [0.5, 0.6) is 17.2 Å². The molecule has 0 fully saturated rings. The van der Waals surface area contributed by atoms with E-state index in [4.69, 9.17) is 4.74 Å². The van der Waals surface area contributed by atoms with Gasteiger partial charge in [-0.1, -0.05) is 29.9 Å². The molecule has 0 aromatic heterocycles. The van der Waals surface area contributed by atoms with Crippen molar-refractivity contribution in [2.45, 2.75) is 19.9 Å². The van der Waals surface area contributed by atoms with E-state index in [0.29, 0.717) is 12.4 Å². The maximum atomic E-state index is 10.2. The average molecular weight is 311 g/mol. The number of benzene rings is 1. The average Bonchev–Trinajstić information content (AvgIpc) is 2.52. The molecule has 0 saturated carbocycles. The summed E-state index contributed by atoms with van der Waals surface area (Å²) >= 11 is 0. The van der Waals surface area contributed by atoms with Crippen LogP contribution in [0, 0.1) is 0 Å². The van der Waals surface area contributed by atoms with Gasteiger partial charge in [-0.3, -0.25) is 0 Å². The van der Waals surface area contributed by atoms with E-state index in [1.807, 2.05) is 51.3 Å². The third kappa shape index (κ3) is 2.72. The number of allylic oxidation sites excluding steroid dienone is 3. The van der Waals surface area contributed by atoms with Gasteiger partial charge in [0.25, 0.3) is 0 Å². The van der Waals surface area contributed by atoms with Crippen LogP contribution in [0.1, 0.15) is 19.4 Å². The molecule has 3 rings (SSSR count). The summed E-state index contributed by atoms with van der Waals surface area (Å²) in [5.41, 5.74) is 3.88. The van der Waals surface area contributed by atoms with Gasteiger partial charge >= 0.3 is 0 Å². The molecule has 4 nitrogen and oxygen atoms in total. The van der Waals surface area contributed by atoms with Crippen LogP contribution in [0.25, 0.3) is 6.08 Å². The van der Waals surface area contributed by atoms with Crippen LogP contribution in [0.2, 0.25) is 0 Å². The number of nitrogens with zero attached hydrogens (tertiary/aromatic N) is 1. The third-order valence-corrected chi connectivity index (χ3v) is 4.11. The summed E-state index contributed by atoms with van der Waals surface area (Å²) in [7, 11) is 1.97. The van der Waals surface area contributed by atoms with E-state index in [2.05, 4.69) is 11.0 Å². The minimum Gasteiger partial charge on any atom is -0.504 e. The zero-order valence-electron chi connectivity index (χ0n) is 13.6. The van der Waals surface area contributed by atoms with Gasteiger partial charge in [0.15, 0.2) is 11.5 Å². The first kappa shape index (κ1) is 15.3. The van der Waals surface area contributed by atoms with Crippen LogP contribution in [-0.4, -0.2) is 29.9 Å². The number of likely N-dealkylation sites (N-methyl/N-ethyl adjacent to an activating group) is 1. The van der Waals surface area contributed by atoms with Crippen LogP contribution < -0.4 is 9.64 Å². The summed E-state index contributed by atoms with van der Waals surface area (Å²) in [6.07, 6.45) is 12.1. The van der Waals surface area contributed by atoms with Crippen LogP contribution in [0.15, 0.2) is 47.6 Å². The first-order valence-corrected chi connectivity index (χ1v) is 7.63. The molecule has 2 aliphatic rings. The Morgan fingerprint density at radius 2 is 2.09 bits per heavy atom. The lowest BCUT2D eigenvalue weighted by molar-refractivity contribution is 0.322. The Labute approximate surface area is 136 Å². The lowest BCUT2D eigenvalue weighted by Gasteiger charge is -2.35. The van der Waals surface area contributed by atoms with Crippen molar-refractivity contribution >= 4 is 11.8 Å². The summed E-state index contributed by atoms with van der Waals surface area (Å²) in [5.74, 6) is -0.0711. The molecule has 0 amide bonds. The molecule has 23 heavy (non-hydrogen) atoms. The standard InChI is InChI=1S/C19H21NO3/c1-12(2)8-9-23-19-14-10-13-6-4-5-7-15(13)20(3)16(14)11-17(21)18(19)22/h4-8,10-11,15,21-22H,9H2,1-3H3. The number of fused-ring (bicyclic) bond motifs is 2. The van der Waals surface area contributed by atoms with Crippen molar-refractivity contribution in [1.82, 2.24) is 0 Å². The fourth-order valence-electron chi connectivity index (χ4n) is 2.85. The van der Waals surface area contributed by atoms with E-state index in [0.717, 1.165) is 22.4 Å². The molecule has 2 N–H and O–H groups in total. The summed E-state index contributed by atoms with van der Waals surface area (Å²) in [5, 5.41) is 20.3. The predicted octanol–water partition coefficient (Wildman–Crippen LogP) is 3.77. The number of ether oxygens (including phenoxy) is 1. The Balaban J connectivity index is 2.09. The number of anilines is 1. The molecule has 0 spiro atoms. The highest BCUT2D eigenvalue weighted by atomic mass is 16.5. The van der Waals surface area contributed by atoms with E-state index in [9.17, 15) is 10.2 Å². The van der Waals surface area contributed by atoms with Crippen molar-refractivity contribution in [3.63, 3.8) is 0 Å². The molecule has 0 radical (unpaired) electrons. The highest BCUT2D eigenvalue weighted by Gasteiger charge is 2.28. The van der Waals surface area contributed by atoms with Crippen molar-refractivity contribution in [2.24, 2.45) is 0 Å². The normalized spacial score (nSPS) is 18.1. The Hall–Kier alpha value is -2.62. The second kappa shape index (κ2) is 5.88. The molecule has 120 valence electrons. The number of rotatable bonds is 3. The van der Waals surface area contributed by atoms with E-state index >= 15 is 0 Å². The predicted molar refractivity (Wildman–Crippen MR) is 93.1 cm³/mol.